The van der Waals surface area contributed by atoms with Crippen LogP contribution in [-0.4, -0.2) is 38.5 Å². The molecular formula is C8H10ClI3O4. The second kappa shape index (κ2) is 11.5. The Morgan fingerprint density at radius 3 is 2.31 bits per heavy atom. The van der Waals surface area contributed by atoms with Crippen molar-refractivity contribution >= 4 is 85.5 Å². The maximum Gasteiger partial charge on any atom is 0.508 e. The Labute approximate surface area is 140 Å². The third-order valence-electron chi connectivity index (χ3n) is 1.19. The number of alkyl halides is 1. The average Bonchev–Trinajstić information content (AvgIpc) is 2.25. The summed E-state index contributed by atoms with van der Waals surface area (Å²) in [6.45, 7) is 1.20. The first-order chi connectivity index (χ1) is 7.57. The lowest BCUT2D eigenvalue weighted by molar-refractivity contribution is 0.0347. The molecule has 0 aliphatic heterocycles. The van der Waals surface area contributed by atoms with Crippen LogP contribution in [0.15, 0.2) is 5.17 Å². The van der Waals surface area contributed by atoms with Gasteiger partial charge in [-0.05, 0) is 67.8 Å². The van der Waals surface area contributed by atoms with Crippen LogP contribution in [0.4, 0.5) is 4.79 Å². The van der Waals surface area contributed by atoms with E-state index in [4.69, 9.17) is 25.8 Å². The van der Waals surface area contributed by atoms with Gasteiger partial charge in [0.15, 0.2) is 0 Å². The lowest BCUT2D eigenvalue weighted by Crippen LogP contribution is -2.13. The fraction of sp³-hybridized carbons (Fsp3) is 0.625. The summed E-state index contributed by atoms with van der Waals surface area (Å²) in [4.78, 5) is 11.0. The van der Waals surface area contributed by atoms with Crippen molar-refractivity contribution in [3.8, 4) is 0 Å². The normalized spacial score (nSPS) is 9.75. The molecule has 94 valence electrons. The average molecular weight is 586 g/mol. The molecule has 0 aliphatic carbocycles. The fourth-order valence-corrected chi connectivity index (χ4v) is 1.14. The minimum atomic E-state index is -0.683. The van der Waals surface area contributed by atoms with Crippen LogP contribution in [-0.2, 0) is 14.2 Å². The van der Waals surface area contributed by atoms with Crippen molar-refractivity contribution < 1.29 is 19.0 Å². The first kappa shape index (κ1) is 17.4. The zero-order chi connectivity index (χ0) is 12.4. The van der Waals surface area contributed by atoms with Crippen molar-refractivity contribution in [2.45, 2.75) is 0 Å². The van der Waals surface area contributed by atoms with Gasteiger partial charge < -0.3 is 14.2 Å². The molecule has 0 fully saturated rings. The van der Waals surface area contributed by atoms with Crippen LogP contribution >= 0.6 is 79.4 Å². The molecule has 16 heavy (non-hydrogen) atoms. The van der Waals surface area contributed by atoms with Gasteiger partial charge in [0.1, 0.15) is 13.2 Å². The number of hydrogen-bond donors (Lipinski definition) is 0. The lowest BCUT2D eigenvalue weighted by Gasteiger charge is -2.06. The van der Waals surface area contributed by atoms with Gasteiger partial charge in [-0.3, -0.25) is 0 Å². The molecule has 0 atom stereocenters. The molecule has 8 heteroatoms. The van der Waals surface area contributed by atoms with Crippen molar-refractivity contribution in [3.63, 3.8) is 0 Å². The molecule has 0 heterocycles. The van der Waals surface area contributed by atoms with Crippen LogP contribution in [0.1, 0.15) is 0 Å². The summed E-state index contributed by atoms with van der Waals surface area (Å²) in [5.74, 6) is 0.432. The molecule has 0 aliphatic rings. The third-order valence-corrected chi connectivity index (χ3v) is 5.56. The molecule has 0 aromatic heterocycles. The summed E-state index contributed by atoms with van der Waals surface area (Å²) in [6, 6.07) is 0. The Hall–Kier alpha value is 1.45. The zero-order valence-corrected chi connectivity index (χ0v) is 15.4. The standard InChI is InChI=1S/C8H10ClI3O4/c9-1-2-14-3-4-15-8(13)16-5-6(10)7(11)12/h1-5H2. The summed E-state index contributed by atoms with van der Waals surface area (Å²) in [5, 5.41) is 0. The van der Waals surface area contributed by atoms with Gasteiger partial charge in [0.2, 0.25) is 0 Å². The van der Waals surface area contributed by atoms with E-state index in [0.717, 1.165) is 5.17 Å². The van der Waals surface area contributed by atoms with E-state index in [2.05, 4.69) is 67.8 Å². The Balaban J connectivity index is 3.49. The van der Waals surface area contributed by atoms with E-state index in [-0.39, 0.29) is 13.2 Å². The number of rotatable bonds is 7. The molecular weight excluding hydrogens is 576 g/mol. The van der Waals surface area contributed by atoms with Gasteiger partial charge in [-0.25, -0.2) is 4.79 Å². The lowest BCUT2D eigenvalue weighted by atomic mass is 10.7. The van der Waals surface area contributed by atoms with E-state index >= 15 is 0 Å². The molecule has 4 nitrogen and oxygen atoms in total. The molecule has 0 spiro atoms. The van der Waals surface area contributed by atoms with E-state index in [1.165, 1.54) is 0 Å². The second-order valence-corrected chi connectivity index (χ2v) is 8.26. The largest absolute Gasteiger partial charge is 0.508 e. The topological polar surface area (TPSA) is 44.8 Å². The molecule has 0 radical (unpaired) electrons. The number of halogens is 4. The van der Waals surface area contributed by atoms with Crippen molar-refractivity contribution in [1.82, 2.24) is 0 Å². The highest BCUT2D eigenvalue weighted by atomic mass is 127. The summed E-state index contributed by atoms with van der Waals surface area (Å²) >= 11 is 11.8. The van der Waals surface area contributed by atoms with Crippen LogP contribution in [0.25, 0.3) is 0 Å². The smallest absolute Gasteiger partial charge is 0.432 e. The molecule has 0 unspecified atom stereocenters. The quantitative estimate of drug-likeness (QED) is 0.197. The van der Waals surface area contributed by atoms with Crippen molar-refractivity contribution in [2.24, 2.45) is 0 Å². The van der Waals surface area contributed by atoms with E-state index in [9.17, 15) is 4.79 Å². The zero-order valence-electron chi connectivity index (χ0n) is 8.18. The van der Waals surface area contributed by atoms with E-state index < -0.39 is 6.16 Å². The molecule has 0 amide bonds. The summed E-state index contributed by atoms with van der Waals surface area (Å²) in [6.07, 6.45) is -0.683. The van der Waals surface area contributed by atoms with Gasteiger partial charge in [-0.15, -0.1) is 11.6 Å². The highest BCUT2D eigenvalue weighted by Crippen LogP contribution is 2.25. The first-order valence-electron chi connectivity index (χ1n) is 4.20. The molecule has 0 N–H and O–H groups in total. The third kappa shape index (κ3) is 10.6. The number of carbonyl (C=O) groups excluding carboxylic acids is 1. The maximum absolute atomic E-state index is 11.0. The molecule has 0 saturated carbocycles. The van der Waals surface area contributed by atoms with E-state index in [1.807, 2.05) is 0 Å². The SMILES string of the molecule is O=C(OCCOCCCl)OCC(I)=C(I)I. The van der Waals surface area contributed by atoms with Gasteiger partial charge >= 0.3 is 6.16 Å². The second-order valence-electron chi connectivity index (χ2n) is 2.35. The summed E-state index contributed by atoms with van der Waals surface area (Å²) < 4.78 is 16.7. The van der Waals surface area contributed by atoms with Crippen molar-refractivity contribution in [2.75, 3.05) is 32.3 Å². The summed E-state index contributed by atoms with van der Waals surface area (Å²) in [7, 11) is 0. The van der Waals surface area contributed by atoms with E-state index in [1.54, 1.807) is 0 Å². The van der Waals surface area contributed by atoms with Crippen LogP contribution < -0.4 is 0 Å². The highest BCUT2D eigenvalue weighted by molar-refractivity contribution is 14.2. The van der Waals surface area contributed by atoms with Gasteiger partial charge in [-0.1, -0.05) is 0 Å². The fourth-order valence-electron chi connectivity index (χ4n) is 0.559. The Bertz CT molecular complexity index is 243. The van der Waals surface area contributed by atoms with Crippen molar-refractivity contribution in [3.05, 3.63) is 5.17 Å². The number of carbonyl (C=O) groups is 1. The predicted molar refractivity (Wildman–Crippen MR) is 87.9 cm³/mol. The minimum absolute atomic E-state index is 0.178. The summed E-state index contributed by atoms with van der Waals surface area (Å²) in [5.41, 5.74) is 0. The number of hydrogen-bond acceptors (Lipinski definition) is 4. The van der Waals surface area contributed by atoms with Crippen molar-refractivity contribution in [1.29, 1.82) is 0 Å². The highest BCUT2D eigenvalue weighted by Gasteiger charge is 2.05. The van der Waals surface area contributed by atoms with Crippen LogP contribution in [0.2, 0.25) is 0 Å². The predicted octanol–water partition coefficient (Wildman–Crippen LogP) is 3.87. The Morgan fingerprint density at radius 2 is 1.75 bits per heavy atom. The number of ether oxygens (including phenoxy) is 3. The molecule has 0 saturated heterocycles. The molecule has 0 aromatic rings. The van der Waals surface area contributed by atoms with Crippen LogP contribution in [0.3, 0.4) is 0 Å². The van der Waals surface area contributed by atoms with Crippen LogP contribution in [0.5, 0.6) is 0 Å². The molecule has 0 aromatic carbocycles. The van der Waals surface area contributed by atoms with Gasteiger partial charge in [0.25, 0.3) is 0 Å². The first-order valence-corrected chi connectivity index (χ1v) is 7.98. The minimum Gasteiger partial charge on any atom is -0.432 e. The Kier molecular flexibility index (Phi) is 12.6. The molecule has 0 rings (SSSR count). The Morgan fingerprint density at radius 1 is 1.06 bits per heavy atom. The van der Waals surface area contributed by atoms with Crippen LogP contribution in [0, 0.1) is 0 Å². The van der Waals surface area contributed by atoms with Gasteiger partial charge in [-0.2, -0.15) is 0 Å². The molecule has 0 bridgehead atoms. The van der Waals surface area contributed by atoms with Gasteiger partial charge in [0.05, 0.1) is 14.8 Å². The monoisotopic (exact) mass is 586 g/mol. The maximum atomic E-state index is 11.0. The van der Waals surface area contributed by atoms with E-state index in [0.29, 0.717) is 19.1 Å². The van der Waals surface area contributed by atoms with Gasteiger partial charge in [0, 0.05) is 9.46 Å².